The van der Waals surface area contributed by atoms with Gasteiger partial charge in [0.05, 0.1) is 6.61 Å². The van der Waals surface area contributed by atoms with Gasteiger partial charge in [-0.3, -0.25) is 5.32 Å². The van der Waals surface area contributed by atoms with Gasteiger partial charge in [-0.15, -0.1) is 10.2 Å². The summed E-state index contributed by atoms with van der Waals surface area (Å²) in [6.07, 6.45) is 0. The molecule has 1 aromatic heterocycles. The zero-order chi connectivity index (χ0) is 14.4. The lowest BCUT2D eigenvalue weighted by Gasteiger charge is -2.04. The molecule has 0 aliphatic heterocycles. The van der Waals surface area contributed by atoms with Crippen molar-refractivity contribution in [3.05, 3.63) is 29.8 Å². The second-order valence-corrected chi connectivity index (χ2v) is 6.19. The third-order valence-electron chi connectivity index (χ3n) is 2.24. The first-order valence-electron chi connectivity index (χ1n) is 5.86. The monoisotopic (exact) mass is 310 g/mol. The lowest BCUT2D eigenvalue weighted by Crippen LogP contribution is -2.18. The molecule has 0 spiro atoms. The quantitative estimate of drug-likeness (QED) is 0.486. The fourth-order valence-corrected chi connectivity index (χ4v) is 2.99. The van der Waals surface area contributed by atoms with E-state index < -0.39 is 6.03 Å². The van der Waals surface area contributed by atoms with Crippen LogP contribution in [0, 0.1) is 6.92 Å². The zero-order valence-corrected chi connectivity index (χ0v) is 12.5. The predicted molar refractivity (Wildman–Crippen MR) is 80.5 cm³/mol. The van der Waals surface area contributed by atoms with Crippen LogP contribution >= 0.6 is 23.1 Å². The Labute approximate surface area is 124 Å². The molecule has 8 heteroatoms. The topological polar surface area (TPSA) is 90.1 Å². The minimum absolute atomic E-state index is 0.402. The summed E-state index contributed by atoms with van der Waals surface area (Å²) in [7, 11) is 0. The second-order valence-electron chi connectivity index (χ2n) is 3.87. The van der Waals surface area contributed by atoms with Gasteiger partial charge >= 0.3 is 6.03 Å². The van der Waals surface area contributed by atoms with Crippen LogP contribution in [0.1, 0.15) is 5.56 Å². The number of hydrogen-bond donors (Lipinski definition) is 2. The van der Waals surface area contributed by atoms with Crippen molar-refractivity contribution in [3.8, 4) is 5.75 Å². The first-order valence-corrected chi connectivity index (χ1v) is 7.66. The fraction of sp³-hybridized carbons (Fsp3) is 0.250. The summed E-state index contributed by atoms with van der Waals surface area (Å²) in [4.78, 5) is 10.6. The molecule has 2 rings (SSSR count). The maximum absolute atomic E-state index is 10.6. The van der Waals surface area contributed by atoms with Gasteiger partial charge in [0.1, 0.15) is 5.75 Å². The number of carbonyl (C=O) groups is 1. The van der Waals surface area contributed by atoms with E-state index in [-0.39, 0.29) is 0 Å². The third kappa shape index (κ3) is 4.71. The smallest absolute Gasteiger partial charge is 0.318 e. The molecule has 1 heterocycles. The van der Waals surface area contributed by atoms with Crippen molar-refractivity contribution in [3.63, 3.8) is 0 Å². The van der Waals surface area contributed by atoms with E-state index in [0.717, 1.165) is 15.8 Å². The summed E-state index contributed by atoms with van der Waals surface area (Å²) in [5.74, 6) is 1.60. The number of hydrogen-bond acceptors (Lipinski definition) is 6. The van der Waals surface area contributed by atoms with Crippen molar-refractivity contribution in [2.75, 3.05) is 17.7 Å². The number of nitrogens with one attached hydrogen (secondary N) is 1. The highest BCUT2D eigenvalue weighted by Gasteiger charge is 2.06. The molecule has 2 aromatic rings. The van der Waals surface area contributed by atoms with E-state index in [1.54, 1.807) is 0 Å². The number of nitrogens with two attached hydrogens (primary N) is 1. The highest BCUT2D eigenvalue weighted by molar-refractivity contribution is 8.01. The van der Waals surface area contributed by atoms with Gasteiger partial charge in [0.25, 0.3) is 0 Å². The SMILES string of the molecule is Cc1ccc(OCCSc2nnc(NC(N)=O)s2)cc1. The first kappa shape index (κ1) is 14.6. The largest absolute Gasteiger partial charge is 0.493 e. The number of anilines is 1. The van der Waals surface area contributed by atoms with Crippen molar-refractivity contribution >= 4 is 34.3 Å². The van der Waals surface area contributed by atoms with Gasteiger partial charge in [-0.05, 0) is 19.1 Å². The fourth-order valence-electron chi connectivity index (χ4n) is 1.35. The van der Waals surface area contributed by atoms with Gasteiger partial charge < -0.3 is 10.5 Å². The maximum Gasteiger partial charge on any atom is 0.318 e. The van der Waals surface area contributed by atoms with Crippen LogP contribution in [-0.4, -0.2) is 28.6 Å². The number of ether oxygens (including phenoxy) is 1. The Kier molecular flexibility index (Phi) is 5.19. The number of amides is 2. The van der Waals surface area contributed by atoms with Gasteiger partial charge in [0.15, 0.2) is 4.34 Å². The molecular formula is C12H14N4O2S2. The van der Waals surface area contributed by atoms with Crippen LogP contribution in [0.2, 0.25) is 0 Å². The molecule has 0 aliphatic rings. The molecule has 1 aromatic carbocycles. The third-order valence-corrected chi connectivity index (χ3v) is 4.17. The van der Waals surface area contributed by atoms with Crippen molar-refractivity contribution in [1.82, 2.24) is 10.2 Å². The maximum atomic E-state index is 10.6. The zero-order valence-electron chi connectivity index (χ0n) is 10.8. The van der Waals surface area contributed by atoms with Crippen LogP contribution in [0.5, 0.6) is 5.75 Å². The van der Waals surface area contributed by atoms with E-state index in [0.29, 0.717) is 11.7 Å². The number of benzene rings is 1. The molecule has 2 amide bonds. The Hall–Kier alpha value is -1.80. The number of aromatic nitrogens is 2. The molecule has 106 valence electrons. The van der Waals surface area contributed by atoms with E-state index in [9.17, 15) is 4.79 Å². The Morgan fingerprint density at radius 1 is 1.40 bits per heavy atom. The Morgan fingerprint density at radius 3 is 2.85 bits per heavy atom. The molecule has 6 nitrogen and oxygen atoms in total. The molecule has 0 saturated carbocycles. The van der Waals surface area contributed by atoms with Gasteiger partial charge in [0, 0.05) is 5.75 Å². The van der Waals surface area contributed by atoms with E-state index in [4.69, 9.17) is 10.5 Å². The van der Waals surface area contributed by atoms with Crippen LogP contribution in [0.4, 0.5) is 9.93 Å². The van der Waals surface area contributed by atoms with Gasteiger partial charge in [-0.2, -0.15) is 0 Å². The minimum Gasteiger partial charge on any atom is -0.493 e. The summed E-state index contributed by atoms with van der Waals surface area (Å²) in [5, 5.41) is 10.5. The summed E-state index contributed by atoms with van der Waals surface area (Å²) in [6.45, 7) is 2.61. The number of rotatable bonds is 6. The van der Waals surface area contributed by atoms with Crippen molar-refractivity contribution in [2.24, 2.45) is 5.73 Å². The number of thioether (sulfide) groups is 1. The van der Waals surface area contributed by atoms with E-state index >= 15 is 0 Å². The van der Waals surface area contributed by atoms with E-state index in [2.05, 4.69) is 15.5 Å². The highest BCUT2D eigenvalue weighted by Crippen LogP contribution is 2.25. The van der Waals surface area contributed by atoms with Crippen LogP contribution < -0.4 is 15.8 Å². The average Bonchev–Trinajstić information content (AvgIpc) is 2.83. The summed E-state index contributed by atoms with van der Waals surface area (Å²) in [6, 6.07) is 7.27. The standard InChI is InChI=1S/C12H14N4O2S2/c1-8-2-4-9(5-3-8)18-6-7-19-12-16-15-11(20-12)14-10(13)17/h2-5H,6-7H2,1H3,(H3,13,14,15,17). The van der Waals surface area contributed by atoms with Gasteiger partial charge in [-0.1, -0.05) is 40.8 Å². The lowest BCUT2D eigenvalue weighted by atomic mass is 10.2. The number of carbonyl (C=O) groups excluding carboxylic acids is 1. The molecule has 0 atom stereocenters. The first-order chi connectivity index (χ1) is 9.63. The molecule has 0 radical (unpaired) electrons. The number of nitrogens with zero attached hydrogens (tertiary/aromatic N) is 2. The van der Waals surface area contributed by atoms with E-state index in [1.807, 2.05) is 31.2 Å². The summed E-state index contributed by atoms with van der Waals surface area (Å²) < 4.78 is 6.37. The molecule has 0 unspecified atom stereocenters. The molecule has 0 saturated heterocycles. The predicted octanol–water partition coefficient (Wildman–Crippen LogP) is 2.51. The summed E-state index contributed by atoms with van der Waals surface area (Å²) >= 11 is 2.80. The minimum atomic E-state index is -0.639. The number of urea groups is 1. The van der Waals surface area contributed by atoms with Gasteiger partial charge in [-0.25, -0.2) is 4.79 Å². The van der Waals surface area contributed by atoms with Crippen LogP contribution in [0.3, 0.4) is 0 Å². The Balaban J connectivity index is 1.71. The lowest BCUT2D eigenvalue weighted by molar-refractivity contribution is 0.259. The molecule has 0 bridgehead atoms. The van der Waals surface area contributed by atoms with E-state index in [1.165, 1.54) is 28.7 Å². The second kappa shape index (κ2) is 7.11. The van der Waals surface area contributed by atoms with Gasteiger partial charge in [0.2, 0.25) is 5.13 Å². The Bertz CT molecular complexity index is 571. The highest BCUT2D eigenvalue weighted by atomic mass is 32.2. The molecule has 20 heavy (non-hydrogen) atoms. The van der Waals surface area contributed by atoms with Crippen molar-refractivity contribution in [1.29, 1.82) is 0 Å². The molecule has 0 aliphatic carbocycles. The van der Waals surface area contributed by atoms with Crippen LogP contribution in [0.25, 0.3) is 0 Å². The molecule has 0 fully saturated rings. The number of aryl methyl sites for hydroxylation is 1. The molecular weight excluding hydrogens is 296 g/mol. The van der Waals surface area contributed by atoms with Crippen LogP contribution in [0.15, 0.2) is 28.6 Å². The summed E-state index contributed by atoms with van der Waals surface area (Å²) in [5.41, 5.74) is 6.20. The van der Waals surface area contributed by atoms with Crippen molar-refractivity contribution in [2.45, 2.75) is 11.3 Å². The average molecular weight is 310 g/mol. The van der Waals surface area contributed by atoms with Crippen molar-refractivity contribution < 1.29 is 9.53 Å². The van der Waals surface area contributed by atoms with Crippen LogP contribution in [-0.2, 0) is 0 Å². The normalized spacial score (nSPS) is 10.2. The molecule has 3 N–H and O–H groups in total. The Morgan fingerprint density at radius 2 is 2.15 bits per heavy atom. The number of primary amides is 1.